The molecule has 0 aliphatic rings. The van der Waals surface area contributed by atoms with E-state index in [2.05, 4.69) is 10.5 Å². The minimum absolute atomic E-state index is 0.0787. The molecule has 32 heavy (non-hydrogen) atoms. The van der Waals surface area contributed by atoms with E-state index in [1.54, 1.807) is 36.5 Å². The standard InChI is InChI=1S/C24H21N3O4S/c28-24(26-25-16-20-10-6-9-19-8-4-5-14-23(19)20)18-27(17-21-11-7-15-31-21)32(29,30)22-12-2-1-3-13-22/h1-16H,17-18H2,(H,26,28)/b25-16+. The first-order valence-corrected chi connectivity index (χ1v) is 11.4. The summed E-state index contributed by atoms with van der Waals surface area (Å²) >= 11 is 0. The Kier molecular flexibility index (Phi) is 6.44. The largest absolute Gasteiger partial charge is 0.468 e. The van der Waals surface area contributed by atoms with E-state index in [9.17, 15) is 13.2 Å². The van der Waals surface area contributed by atoms with Crippen molar-refractivity contribution in [3.8, 4) is 0 Å². The zero-order valence-electron chi connectivity index (χ0n) is 17.1. The van der Waals surface area contributed by atoms with Crippen molar-refractivity contribution in [2.75, 3.05) is 6.54 Å². The smallest absolute Gasteiger partial charge is 0.255 e. The van der Waals surface area contributed by atoms with Crippen molar-refractivity contribution in [3.05, 3.63) is 103 Å². The van der Waals surface area contributed by atoms with Gasteiger partial charge in [0.1, 0.15) is 5.76 Å². The van der Waals surface area contributed by atoms with E-state index < -0.39 is 22.5 Å². The lowest BCUT2D eigenvalue weighted by atomic mass is 10.1. The van der Waals surface area contributed by atoms with Gasteiger partial charge >= 0.3 is 0 Å². The SMILES string of the molecule is O=C(CN(Cc1ccco1)S(=O)(=O)c1ccccc1)N/N=C/c1cccc2ccccc12. The molecule has 4 aromatic rings. The number of amides is 1. The third kappa shape index (κ3) is 4.93. The fraction of sp³-hybridized carbons (Fsp3) is 0.0833. The van der Waals surface area contributed by atoms with Crippen molar-refractivity contribution in [1.29, 1.82) is 0 Å². The van der Waals surface area contributed by atoms with Crippen LogP contribution in [0.3, 0.4) is 0 Å². The number of sulfonamides is 1. The van der Waals surface area contributed by atoms with Gasteiger partial charge in [-0.1, -0.05) is 60.7 Å². The summed E-state index contributed by atoms with van der Waals surface area (Å²) in [6.45, 7) is -0.491. The zero-order valence-corrected chi connectivity index (χ0v) is 17.9. The maximum absolute atomic E-state index is 13.1. The number of fused-ring (bicyclic) bond motifs is 1. The average molecular weight is 448 g/mol. The number of carbonyl (C=O) groups is 1. The molecule has 0 radical (unpaired) electrons. The third-order valence-corrected chi connectivity index (χ3v) is 6.64. The highest BCUT2D eigenvalue weighted by Crippen LogP contribution is 2.19. The molecule has 8 heteroatoms. The van der Waals surface area contributed by atoms with Gasteiger partial charge in [-0.3, -0.25) is 4.79 Å². The van der Waals surface area contributed by atoms with Crippen LogP contribution in [-0.4, -0.2) is 31.4 Å². The first kappa shape index (κ1) is 21.5. The van der Waals surface area contributed by atoms with Gasteiger partial charge in [0, 0.05) is 5.56 Å². The van der Waals surface area contributed by atoms with Crippen molar-refractivity contribution < 1.29 is 17.6 Å². The monoisotopic (exact) mass is 447 g/mol. The molecule has 0 bridgehead atoms. The Morgan fingerprint density at radius 1 is 0.938 bits per heavy atom. The van der Waals surface area contributed by atoms with E-state index in [0.717, 1.165) is 20.6 Å². The topological polar surface area (TPSA) is 92.0 Å². The second kappa shape index (κ2) is 9.59. The molecule has 0 saturated heterocycles. The summed E-state index contributed by atoms with van der Waals surface area (Å²) in [5.74, 6) is -0.135. The van der Waals surface area contributed by atoms with E-state index in [-0.39, 0.29) is 11.4 Å². The Bertz CT molecular complexity index is 1330. The lowest BCUT2D eigenvalue weighted by Gasteiger charge is -2.20. The summed E-state index contributed by atoms with van der Waals surface area (Å²) in [6.07, 6.45) is 3.00. The minimum Gasteiger partial charge on any atom is -0.468 e. The average Bonchev–Trinajstić information content (AvgIpc) is 3.33. The predicted molar refractivity (Wildman–Crippen MR) is 122 cm³/mol. The summed E-state index contributed by atoms with van der Waals surface area (Å²) in [5.41, 5.74) is 3.26. The van der Waals surface area contributed by atoms with Gasteiger partial charge in [-0.15, -0.1) is 0 Å². The molecular weight excluding hydrogens is 426 g/mol. The molecule has 1 heterocycles. The normalized spacial score (nSPS) is 11.9. The maximum atomic E-state index is 13.1. The molecule has 0 unspecified atom stereocenters. The number of nitrogens with zero attached hydrogens (tertiary/aromatic N) is 2. The van der Waals surface area contributed by atoms with Gasteiger partial charge in [-0.2, -0.15) is 9.41 Å². The Morgan fingerprint density at radius 3 is 2.47 bits per heavy atom. The number of hydrogen-bond acceptors (Lipinski definition) is 5. The first-order valence-electron chi connectivity index (χ1n) is 9.91. The maximum Gasteiger partial charge on any atom is 0.255 e. The van der Waals surface area contributed by atoms with Crippen LogP contribution in [0.25, 0.3) is 10.8 Å². The molecule has 4 rings (SSSR count). The molecule has 3 aromatic carbocycles. The van der Waals surface area contributed by atoms with Crippen molar-refractivity contribution >= 4 is 32.9 Å². The highest BCUT2D eigenvalue weighted by Gasteiger charge is 2.27. The van der Waals surface area contributed by atoms with Crippen LogP contribution in [0, 0.1) is 0 Å². The first-order chi connectivity index (χ1) is 15.5. The van der Waals surface area contributed by atoms with Crippen molar-refractivity contribution in [2.45, 2.75) is 11.4 Å². The van der Waals surface area contributed by atoms with Crippen LogP contribution < -0.4 is 5.43 Å². The van der Waals surface area contributed by atoms with Crippen LogP contribution in [0.1, 0.15) is 11.3 Å². The number of hydrazone groups is 1. The Hall–Kier alpha value is -3.75. The molecule has 1 aromatic heterocycles. The van der Waals surface area contributed by atoms with Crippen molar-refractivity contribution in [1.82, 2.24) is 9.73 Å². The van der Waals surface area contributed by atoms with Gasteiger partial charge in [0.2, 0.25) is 10.0 Å². The molecule has 0 saturated carbocycles. The lowest BCUT2D eigenvalue weighted by molar-refractivity contribution is -0.121. The molecule has 0 atom stereocenters. The highest BCUT2D eigenvalue weighted by atomic mass is 32.2. The summed E-state index contributed by atoms with van der Waals surface area (Å²) in [4.78, 5) is 12.6. The number of furan rings is 1. The quantitative estimate of drug-likeness (QED) is 0.329. The zero-order chi connectivity index (χ0) is 22.4. The van der Waals surface area contributed by atoms with Gasteiger partial charge < -0.3 is 4.42 Å². The van der Waals surface area contributed by atoms with E-state index in [4.69, 9.17) is 4.42 Å². The van der Waals surface area contributed by atoms with Crippen LogP contribution in [0.4, 0.5) is 0 Å². The van der Waals surface area contributed by atoms with Crippen LogP contribution >= 0.6 is 0 Å². The molecule has 0 aliphatic carbocycles. The second-order valence-corrected chi connectivity index (χ2v) is 8.97. The van der Waals surface area contributed by atoms with Crippen LogP contribution in [0.2, 0.25) is 0 Å². The van der Waals surface area contributed by atoms with Crippen LogP contribution in [0.15, 0.2) is 106 Å². The lowest BCUT2D eigenvalue weighted by Crippen LogP contribution is -2.38. The Morgan fingerprint density at radius 2 is 1.69 bits per heavy atom. The van der Waals surface area contributed by atoms with Gasteiger partial charge in [0.15, 0.2) is 0 Å². The van der Waals surface area contributed by atoms with Gasteiger partial charge in [-0.05, 0) is 35.0 Å². The summed E-state index contributed by atoms with van der Waals surface area (Å²) in [7, 11) is -3.92. The van der Waals surface area contributed by atoms with E-state index in [0.29, 0.717) is 5.76 Å². The summed E-state index contributed by atoms with van der Waals surface area (Å²) < 4.78 is 32.6. The Labute approximate surface area is 186 Å². The van der Waals surface area contributed by atoms with E-state index in [1.807, 2.05) is 42.5 Å². The van der Waals surface area contributed by atoms with Crippen LogP contribution in [0.5, 0.6) is 0 Å². The fourth-order valence-electron chi connectivity index (χ4n) is 3.28. The molecule has 1 amide bonds. The van der Waals surface area contributed by atoms with Gasteiger partial charge in [-0.25, -0.2) is 13.8 Å². The third-order valence-electron chi connectivity index (χ3n) is 4.83. The molecule has 1 N–H and O–H groups in total. The Balaban J connectivity index is 1.50. The summed E-state index contributed by atoms with van der Waals surface area (Å²) in [5, 5.41) is 6.08. The number of hydrogen-bond donors (Lipinski definition) is 1. The van der Waals surface area contributed by atoms with Gasteiger partial charge in [0.05, 0.1) is 30.5 Å². The molecule has 162 valence electrons. The molecule has 0 fully saturated rings. The molecule has 0 aliphatic heterocycles. The van der Waals surface area contributed by atoms with Gasteiger partial charge in [0.25, 0.3) is 5.91 Å². The van der Waals surface area contributed by atoms with E-state index in [1.165, 1.54) is 18.4 Å². The summed E-state index contributed by atoms with van der Waals surface area (Å²) in [6, 6.07) is 24.9. The number of rotatable bonds is 8. The predicted octanol–water partition coefficient (Wildman–Crippen LogP) is 3.77. The number of benzene rings is 3. The van der Waals surface area contributed by atoms with Crippen molar-refractivity contribution in [3.63, 3.8) is 0 Å². The number of carbonyl (C=O) groups excluding carboxylic acids is 1. The van der Waals surface area contributed by atoms with Crippen molar-refractivity contribution in [2.24, 2.45) is 5.10 Å². The molecular formula is C24H21N3O4S. The fourth-order valence-corrected chi connectivity index (χ4v) is 4.66. The van der Waals surface area contributed by atoms with Crippen LogP contribution in [-0.2, 0) is 21.4 Å². The molecule has 0 spiro atoms. The highest BCUT2D eigenvalue weighted by molar-refractivity contribution is 7.89. The van der Waals surface area contributed by atoms with E-state index >= 15 is 0 Å². The molecule has 7 nitrogen and oxygen atoms in total. The minimum atomic E-state index is -3.92. The number of nitrogens with one attached hydrogen (secondary N) is 1. The second-order valence-electron chi connectivity index (χ2n) is 7.03.